The van der Waals surface area contributed by atoms with Gasteiger partial charge in [-0.15, -0.1) is 5.10 Å². The number of fused-ring (bicyclic) bond motifs is 1. The maximum Gasteiger partial charge on any atom is 0.185 e. The Bertz CT molecular complexity index is 1170. The maximum absolute atomic E-state index is 13.4. The summed E-state index contributed by atoms with van der Waals surface area (Å²) in [6.07, 6.45) is 1.75. The second kappa shape index (κ2) is 8.49. The second-order valence-electron chi connectivity index (χ2n) is 6.97. The zero-order valence-electron chi connectivity index (χ0n) is 17.3. The van der Waals surface area contributed by atoms with Gasteiger partial charge in [0.2, 0.25) is 0 Å². The Morgan fingerprint density at radius 3 is 2.53 bits per heavy atom. The molecule has 1 N–H and O–H groups in total. The Morgan fingerprint density at radius 1 is 1.03 bits per heavy atom. The predicted molar refractivity (Wildman–Crippen MR) is 116 cm³/mol. The van der Waals surface area contributed by atoms with Crippen LogP contribution in [0.4, 0.5) is 15.9 Å². The average Bonchev–Trinajstić information content (AvgIpc) is 3.06. The van der Waals surface area contributed by atoms with Crippen molar-refractivity contribution in [2.24, 2.45) is 0 Å². The molecular formula is C23H24FN5O. The summed E-state index contributed by atoms with van der Waals surface area (Å²) in [4.78, 5) is 9.53. The molecule has 0 unspecified atom stereocenters. The van der Waals surface area contributed by atoms with Gasteiger partial charge < -0.3 is 10.1 Å². The van der Waals surface area contributed by atoms with Crippen LogP contribution in [-0.4, -0.2) is 26.2 Å². The molecule has 0 radical (unpaired) electrons. The van der Waals surface area contributed by atoms with Crippen molar-refractivity contribution in [3.8, 4) is 17.1 Å². The number of para-hydroxylation sites is 1. The molecule has 0 saturated heterocycles. The van der Waals surface area contributed by atoms with E-state index in [9.17, 15) is 4.39 Å². The van der Waals surface area contributed by atoms with E-state index in [4.69, 9.17) is 19.8 Å². The summed E-state index contributed by atoms with van der Waals surface area (Å²) in [5.41, 5.74) is 3.18. The number of halogens is 1. The predicted octanol–water partition coefficient (Wildman–Crippen LogP) is 5.33. The average molecular weight is 405 g/mol. The van der Waals surface area contributed by atoms with Gasteiger partial charge in [-0.3, -0.25) is 0 Å². The topological polar surface area (TPSA) is 64.3 Å². The standard InChI is InChI=1S/C23H24FN5O/c1-4-8-20-25-15(3)21-23(26-17-13-11-16(24)12-14-17)27-22(28-29(20)21)18-9-6-7-10-19(18)30-5-2/h6-7,9-14H,4-5,8H2,1-3H3,(H,26,27,28). The zero-order chi connectivity index (χ0) is 21.1. The van der Waals surface area contributed by atoms with E-state index in [1.165, 1.54) is 12.1 Å². The van der Waals surface area contributed by atoms with Crippen molar-refractivity contribution in [1.29, 1.82) is 0 Å². The van der Waals surface area contributed by atoms with E-state index in [1.807, 2.05) is 42.6 Å². The van der Waals surface area contributed by atoms with Gasteiger partial charge in [-0.25, -0.2) is 18.9 Å². The highest BCUT2D eigenvalue weighted by atomic mass is 19.1. The smallest absolute Gasteiger partial charge is 0.185 e. The van der Waals surface area contributed by atoms with Gasteiger partial charge in [0.1, 0.15) is 22.9 Å². The molecule has 154 valence electrons. The molecule has 4 aromatic rings. The van der Waals surface area contributed by atoms with Gasteiger partial charge in [0, 0.05) is 12.1 Å². The fraction of sp³-hybridized carbons (Fsp3) is 0.261. The molecule has 2 heterocycles. The highest BCUT2D eigenvalue weighted by Gasteiger charge is 2.19. The van der Waals surface area contributed by atoms with Crippen molar-refractivity contribution >= 4 is 17.0 Å². The van der Waals surface area contributed by atoms with Crippen molar-refractivity contribution in [2.75, 3.05) is 11.9 Å². The molecule has 0 aliphatic rings. The normalized spacial score (nSPS) is 11.1. The molecule has 2 aromatic carbocycles. The highest BCUT2D eigenvalue weighted by molar-refractivity contribution is 5.78. The van der Waals surface area contributed by atoms with E-state index in [-0.39, 0.29) is 5.82 Å². The number of imidazole rings is 1. The second-order valence-corrected chi connectivity index (χ2v) is 6.97. The van der Waals surface area contributed by atoms with Crippen LogP contribution < -0.4 is 10.1 Å². The largest absolute Gasteiger partial charge is 0.493 e. The number of hydrogen-bond acceptors (Lipinski definition) is 5. The van der Waals surface area contributed by atoms with Crippen LogP contribution in [-0.2, 0) is 6.42 Å². The minimum absolute atomic E-state index is 0.287. The molecule has 7 heteroatoms. The molecule has 0 atom stereocenters. The number of ether oxygens (including phenoxy) is 1. The van der Waals surface area contributed by atoms with Gasteiger partial charge in [-0.2, -0.15) is 0 Å². The number of aromatic nitrogens is 4. The van der Waals surface area contributed by atoms with Gasteiger partial charge in [-0.05, 0) is 56.7 Å². The van der Waals surface area contributed by atoms with Crippen LogP contribution in [0.5, 0.6) is 5.75 Å². The zero-order valence-corrected chi connectivity index (χ0v) is 17.3. The minimum Gasteiger partial charge on any atom is -0.493 e. The first kappa shape index (κ1) is 19.8. The van der Waals surface area contributed by atoms with Gasteiger partial charge in [-0.1, -0.05) is 19.1 Å². The Morgan fingerprint density at radius 2 is 1.80 bits per heavy atom. The lowest BCUT2D eigenvalue weighted by Gasteiger charge is -2.13. The molecule has 0 aliphatic carbocycles. The Balaban J connectivity index is 1.91. The van der Waals surface area contributed by atoms with Crippen LogP contribution in [0.3, 0.4) is 0 Å². The number of nitrogens with one attached hydrogen (secondary N) is 1. The van der Waals surface area contributed by atoms with E-state index in [1.54, 1.807) is 12.1 Å². The number of anilines is 2. The van der Waals surface area contributed by atoms with E-state index in [0.29, 0.717) is 18.2 Å². The SMILES string of the molecule is CCCc1nc(C)c2c(Nc3ccc(F)cc3)nc(-c3ccccc3OCC)nn12. The Labute approximate surface area is 174 Å². The first-order valence-corrected chi connectivity index (χ1v) is 10.1. The highest BCUT2D eigenvalue weighted by Crippen LogP contribution is 2.31. The summed E-state index contributed by atoms with van der Waals surface area (Å²) in [5, 5.41) is 8.12. The number of aryl methyl sites for hydroxylation is 2. The molecule has 0 aliphatic heterocycles. The van der Waals surface area contributed by atoms with Crippen LogP contribution in [0.25, 0.3) is 16.9 Å². The summed E-state index contributed by atoms with van der Waals surface area (Å²) in [6.45, 7) is 6.55. The Kier molecular flexibility index (Phi) is 5.61. The quantitative estimate of drug-likeness (QED) is 0.450. The minimum atomic E-state index is -0.287. The van der Waals surface area contributed by atoms with E-state index in [0.717, 1.165) is 46.9 Å². The number of nitrogens with zero attached hydrogens (tertiary/aromatic N) is 4. The molecular weight excluding hydrogens is 381 g/mol. The molecule has 2 aromatic heterocycles. The van der Waals surface area contributed by atoms with Crippen molar-refractivity contribution in [3.05, 3.63) is 65.9 Å². The van der Waals surface area contributed by atoms with Crippen LogP contribution >= 0.6 is 0 Å². The third kappa shape index (κ3) is 3.83. The molecule has 0 fully saturated rings. The van der Waals surface area contributed by atoms with E-state index < -0.39 is 0 Å². The molecule has 6 nitrogen and oxygen atoms in total. The number of hydrogen-bond donors (Lipinski definition) is 1. The van der Waals surface area contributed by atoms with Gasteiger partial charge in [0.25, 0.3) is 0 Å². The summed E-state index contributed by atoms with van der Waals surface area (Å²) in [7, 11) is 0. The first-order valence-electron chi connectivity index (χ1n) is 10.1. The maximum atomic E-state index is 13.4. The van der Waals surface area contributed by atoms with Crippen molar-refractivity contribution in [1.82, 2.24) is 19.6 Å². The third-order valence-electron chi connectivity index (χ3n) is 4.74. The third-order valence-corrected chi connectivity index (χ3v) is 4.74. The van der Waals surface area contributed by atoms with Crippen molar-refractivity contribution in [2.45, 2.75) is 33.6 Å². The fourth-order valence-corrected chi connectivity index (χ4v) is 3.42. The van der Waals surface area contributed by atoms with Gasteiger partial charge in [0.05, 0.1) is 17.9 Å². The molecule has 0 saturated carbocycles. The lowest BCUT2D eigenvalue weighted by molar-refractivity contribution is 0.341. The Hall–Kier alpha value is -3.48. The summed E-state index contributed by atoms with van der Waals surface area (Å²) < 4.78 is 21.0. The lowest BCUT2D eigenvalue weighted by atomic mass is 10.2. The van der Waals surface area contributed by atoms with Crippen LogP contribution in [0.15, 0.2) is 48.5 Å². The monoisotopic (exact) mass is 405 g/mol. The van der Waals surface area contributed by atoms with Gasteiger partial charge >= 0.3 is 0 Å². The van der Waals surface area contributed by atoms with Crippen molar-refractivity contribution < 1.29 is 9.13 Å². The molecule has 0 amide bonds. The van der Waals surface area contributed by atoms with Crippen LogP contribution in [0, 0.1) is 12.7 Å². The van der Waals surface area contributed by atoms with E-state index >= 15 is 0 Å². The molecule has 0 spiro atoms. The number of rotatable bonds is 7. The van der Waals surface area contributed by atoms with Crippen LogP contribution in [0.2, 0.25) is 0 Å². The summed E-state index contributed by atoms with van der Waals surface area (Å²) in [6, 6.07) is 13.9. The molecule has 0 bridgehead atoms. The first-order chi connectivity index (χ1) is 14.6. The lowest BCUT2D eigenvalue weighted by Crippen LogP contribution is -2.07. The molecule has 4 rings (SSSR count). The number of benzene rings is 2. The van der Waals surface area contributed by atoms with Gasteiger partial charge in [0.15, 0.2) is 11.6 Å². The summed E-state index contributed by atoms with van der Waals surface area (Å²) >= 11 is 0. The van der Waals surface area contributed by atoms with Crippen molar-refractivity contribution in [3.63, 3.8) is 0 Å². The fourth-order valence-electron chi connectivity index (χ4n) is 3.42. The van der Waals surface area contributed by atoms with Crippen LogP contribution in [0.1, 0.15) is 31.8 Å². The summed E-state index contributed by atoms with van der Waals surface area (Å²) in [5.74, 6) is 2.47. The molecule has 30 heavy (non-hydrogen) atoms. The van der Waals surface area contributed by atoms with E-state index in [2.05, 4.69) is 12.2 Å².